The molecule has 0 saturated carbocycles. The average Bonchev–Trinajstić information content (AvgIpc) is 2.45. The summed E-state index contributed by atoms with van der Waals surface area (Å²) in [6.45, 7) is 10.5. The predicted molar refractivity (Wildman–Crippen MR) is 103 cm³/mol. The molecule has 162 valence electrons. The monoisotopic (exact) mass is 402 g/mol. The van der Waals surface area contributed by atoms with Gasteiger partial charge in [-0.2, -0.15) is 0 Å². The summed E-state index contributed by atoms with van der Waals surface area (Å²) in [6, 6.07) is 0. The van der Waals surface area contributed by atoms with E-state index in [2.05, 4.69) is 0 Å². The zero-order chi connectivity index (χ0) is 22.1. The van der Waals surface area contributed by atoms with Gasteiger partial charge in [-0.1, -0.05) is 0 Å². The van der Waals surface area contributed by atoms with Gasteiger partial charge in [0.15, 0.2) is 0 Å². The summed E-state index contributed by atoms with van der Waals surface area (Å²) in [4.78, 5) is 49.6. The minimum Gasteiger partial charge on any atom is -0.444 e. The second-order valence-electron chi connectivity index (χ2n) is 8.37. The Morgan fingerprint density at radius 1 is 0.643 bits per heavy atom. The van der Waals surface area contributed by atoms with E-state index < -0.39 is 35.2 Å². The van der Waals surface area contributed by atoms with Crippen molar-refractivity contribution >= 4 is 24.0 Å². The number of nitrogens with two attached hydrogens (primary N) is 2. The summed E-state index contributed by atoms with van der Waals surface area (Å²) < 4.78 is 10.7. The highest BCUT2D eigenvalue weighted by molar-refractivity contribution is 5.76. The van der Waals surface area contributed by atoms with Crippen LogP contribution in [0.4, 0.5) is 9.59 Å². The highest BCUT2D eigenvalue weighted by Gasteiger charge is 2.26. The van der Waals surface area contributed by atoms with Crippen LogP contribution in [0.5, 0.6) is 0 Å². The van der Waals surface area contributed by atoms with Gasteiger partial charge in [0.2, 0.25) is 11.8 Å². The number of carbonyl (C=O) groups is 4. The Morgan fingerprint density at radius 3 is 1.14 bits per heavy atom. The molecule has 0 aromatic rings. The molecule has 0 unspecified atom stereocenters. The van der Waals surface area contributed by atoms with Gasteiger partial charge in [-0.3, -0.25) is 9.59 Å². The van der Waals surface area contributed by atoms with E-state index in [1.54, 1.807) is 41.5 Å². The molecule has 0 heterocycles. The van der Waals surface area contributed by atoms with Crippen LogP contribution in [0.2, 0.25) is 0 Å². The van der Waals surface area contributed by atoms with Gasteiger partial charge in [0.25, 0.3) is 0 Å². The highest BCUT2D eigenvalue weighted by Crippen LogP contribution is 2.12. The number of nitrogens with zero attached hydrogens (tertiary/aromatic N) is 2. The molecule has 0 atom stereocenters. The van der Waals surface area contributed by atoms with Crippen molar-refractivity contribution in [2.24, 2.45) is 11.5 Å². The van der Waals surface area contributed by atoms with Gasteiger partial charge in [0, 0.05) is 39.0 Å². The Hall–Kier alpha value is -2.52. The van der Waals surface area contributed by atoms with Crippen LogP contribution in [0.15, 0.2) is 0 Å². The number of hydrogen-bond acceptors (Lipinski definition) is 6. The van der Waals surface area contributed by atoms with Crippen LogP contribution in [0.25, 0.3) is 0 Å². The number of amides is 4. The topological polar surface area (TPSA) is 145 Å². The van der Waals surface area contributed by atoms with Crippen LogP contribution in [0.1, 0.15) is 54.4 Å². The van der Waals surface area contributed by atoms with Crippen molar-refractivity contribution in [3.63, 3.8) is 0 Å². The summed E-state index contributed by atoms with van der Waals surface area (Å²) in [5, 5.41) is 0. The number of rotatable bonds is 9. The molecule has 0 aromatic heterocycles. The zero-order valence-electron chi connectivity index (χ0n) is 17.7. The van der Waals surface area contributed by atoms with E-state index in [1.807, 2.05) is 0 Å². The Balaban J connectivity index is 5.18. The number of hydrogen-bond donors (Lipinski definition) is 2. The van der Waals surface area contributed by atoms with Crippen LogP contribution in [-0.4, -0.2) is 71.2 Å². The van der Waals surface area contributed by atoms with Crippen LogP contribution in [0, 0.1) is 0 Å². The van der Waals surface area contributed by atoms with Crippen LogP contribution in [-0.2, 0) is 19.1 Å². The molecule has 0 aliphatic carbocycles. The molecule has 0 spiro atoms. The third kappa shape index (κ3) is 12.8. The quantitative estimate of drug-likeness (QED) is 0.593. The number of primary amides is 2. The van der Waals surface area contributed by atoms with Crippen LogP contribution >= 0.6 is 0 Å². The van der Waals surface area contributed by atoms with Crippen molar-refractivity contribution < 1.29 is 28.7 Å². The molecule has 10 nitrogen and oxygen atoms in total. The Kier molecular flexibility index (Phi) is 9.76. The minimum atomic E-state index is -0.723. The molecule has 0 aromatic carbocycles. The first-order chi connectivity index (χ1) is 12.6. The van der Waals surface area contributed by atoms with E-state index in [9.17, 15) is 19.2 Å². The lowest BCUT2D eigenvalue weighted by molar-refractivity contribution is -0.119. The zero-order valence-corrected chi connectivity index (χ0v) is 17.7. The molecule has 0 saturated heterocycles. The molecular formula is C18H34N4O6. The maximum atomic E-state index is 12.4. The maximum absolute atomic E-state index is 12.4. The van der Waals surface area contributed by atoms with Crippen molar-refractivity contribution in [2.45, 2.75) is 65.6 Å². The molecule has 0 radical (unpaired) electrons. The fraction of sp³-hybridized carbons (Fsp3) is 0.778. The van der Waals surface area contributed by atoms with Gasteiger partial charge in [-0.15, -0.1) is 0 Å². The van der Waals surface area contributed by atoms with Crippen molar-refractivity contribution in [1.82, 2.24) is 9.80 Å². The van der Waals surface area contributed by atoms with Crippen molar-refractivity contribution in [3.05, 3.63) is 0 Å². The molecular weight excluding hydrogens is 368 g/mol. The van der Waals surface area contributed by atoms with E-state index >= 15 is 0 Å². The fourth-order valence-electron chi connectivity index (χ4n) is 1.97. The van der Waals surface area contributed by atoms with E-state index in [-0.39, 0.29) is 39.0 Å². The van der Waals surface area contributed by atoms with E-state index in [4.69, 9.17) is 20.9 Å². The summed E-state index contributed by atoms with van der Waals surface area (Å²) in [5.74, 6) is -1.13. The largest absolute Gasteiger partial charge is 0.444 e. The van der Waals surface area contributed by atoms with E-state index in [1.165, 1.54) is 9.80 Å². The van der Waals surface area contributed by atoms with Gasteiger partial charge < -0.3 is 30.7 Å². The van der Waals surface area contributed by atoms with Crippen molar-refractivity contribution in [2.75, 3.05) is 26.2 Å². The molecule has 4 N–H and O–H groups in total. The standard InChI is InChI=1S/C18H34N4O6/c1-17(2,3)27-15(25)21(9-7-13(19)23)11-12-22(10-8-14(20)24)16(26)28-18(4,5)6/h7-12H2,1-6H3,(H2,19,23)(H2,20,24). The average molecular weight is 402 g/mol. The van der Waals surface area contributed by atoms with Gasteiger partial charge in [0.1, 0.15) is 11.2 Å². The molecule has 0 rings (SSSR count). The van der Waals surface area contributed by atoms with Gasteiger partial charge in [-0.25, -0.2) is 9.59 Å². The minimum absolute atomic E-state index is 0.0439. The molecule has 10 heteroatoms. The summed E-state index contributed by atoms with van der Waals surface area (Å²) in [6.07, 6.45) is -1.36. The lowest BCUT2D eigenvalue weighted by atomic mass is 10.2. The Labute approximate surface area is 166 Å². The Bertz CT molecular complexity index is 515. The molecule has 0 aliphatic rings. The van der Waals surface area contributed by atoms with Gasteiger partial charge in [0.05, 0.1) is 0 Å². The Morgan fingerprint density at radius 2 is 0.929 bits per heavy atom. The first-order valence-electron chi connectivity index (χ1n) is 9.13. The molecule has 28 heavy (non-hydrogen) atoms. The van der Waals surface area contributed by atoms with Gasteiger partial charge in [-0.05, 0) is 41.5 Å². The molecule has 0 fully saturated rings. The number of carbonyl (C=O) groups excluding carboxylic acids is 4. The second kappa shape index (κ2) is 10.7. The smallest absolute Gasteiger partial charge is 0.410 e. The predicted octanol–water partition coefficient (Wildman–Crippen LogP) is 1.21. The second-order valence-corrected chi connectivity index (χ2v) is 8.37. The number of ether oxygens (including phenoxy) is 2. The van der Waals surface area contributed by atoms with Gasteiger partial charge >= 0.3 is 12.2 Å². The summed E-state index contributed by atoms with van der Waals surface area (Å²) in [5.41, 5.74) is 8.89. The molecule has 4 amide bonds. The van der Waals surface area contributed by atoms with E-state index in [0.717, 1.165) is 0 Å². The highest BCUT2D eigenvalue weighted by atomic mass is 16.6. The SMILES string of the molecule is CC(C)(C)OC(=O)N(CCC(N)=O)CCN(CCC(N)=O)C(=O)OC(C)(C)C. The first-order valence-corrected chi connectivity index (χ1v) is 9.13. The summed E-state index contributed by atoms with van der Waals surface area (Å²) in [7, 11) is 0. The maximum Gasteiger partial charge on any atom is 0.410 e. The third-order valence-electron chi connectivity index (χ3n) is 3.20. The normalized spacial score (nSPS) is 11.5. The van der Waals surface area contributed by atoms with Crippen molar-refractivity contribution in [1.29, 1.82) is 0 Å². The lowest BCUT2D eigenvalue weighted by Crippen LogP contribution is -2.46. The third-order valence-corrected chi connectivity index (χ3v) is 3.20. The molecule has 0 aliphatic heterocycles. The molecule has 0 bridgehead atoms. The van der Waals surface area contributed by atoms with Crippen LogP contribution < -0.4 is 11.5 Å². The fourth-order valence-corrected chi connectivity index (χ4v) is 1.97. The van der Waals surface area contributed by atoms with Crippen molar-refractivity contribution in [3.8, 4) is 0 Å². The van der Waals surface area contributed by atoms with Crippen LogP contribution in [0.3, 0.4) is 0 Å². The van der Waals surface area contributed by atoms with E-state index in [0.29, 0.717) is 0 Å². The summed E-state index contributed by atoms with van der Waals surface area (Å²) >= 11 is 0. The first kappa shape index (κ1) is 25.5. The lowest BCUT2D eigenvalue weighted by Gasteiger charge is -2.31.